The van der Waals surface area contributed by atoms with Gasteiger partial charge in [-0.05, 0) is 35.4 Å². The van der Waals surface area contributed by atoms with Gasteiger partial charge in [0.2, 0.25) is 0 Å². The van der Waals surface area contributed by atoms with Crippen LogP contribution in [0.1, 0.15) is 33.4 Å². The second-order valence-electron chi connectivity index (χ2n) is 7.35. The minimum absolute atomic E-state index is 0.426. The van der Waals surface area contributed by atoms with Crippen molar-refractivity contribution < 1.29 is 0 Å². The monoisotopic (exact) mass is 283 g/mol. The standard InChI is InChI=1S/C18H25N3/c1-17(2)16(18(17,3)4)11-20-10-12-9-14(19)13-7-5-6-8-15(13)21-12/h5-9,16,20H,10-11H2,1-4H3,(H2,19,21). The van der Waals surface area contributed by atoms with Gasteiger partial charge in [-0.1, -0.05) is 45.9 Å². The van der Waals surface area contributed by atoms with Crippen molar-refractivity contribution in [2.75, 3.05) is 12.3 Å². The van der Waals surface area contributed by atoms with E-state index in [4.69, 9.17) is 5.73 Å². The molecule has 0 saturated heterocycles. The van der Waals surface area contributed by atoms with Crippen molar-refractivity contribution in [2.45, 2.75) is 34.2 Å². The van der Waals surface area contributed by atoms with Crippen molar-refractivity contribution in [3.63, 3.8) is 0 Å². The van der Waals surface area contributed by atoms with E-state index in [0.29, 0.717) is 10.8 Å². The molecule has 1 fully saturated rings. The summed E-state index contributed by atoms with van der Waals surface area (Å²) in [7, 11) is 0. The molecular weight excluding hydrogens is 258 g/mol. The predicted molar refractivity (Wildman–Crippen MR) is 88.9 cm³/mol. The zero-order chi connectivity index (χ0) is 15.3. The molecule has 1 aliphatic rings. The Morgan fingerprint density at radius 3 is 2.48 bits per heavy atom. The molecule has 1 saturated carbocycles. The lowest BCUT2D eigenvalue weighted by molar-refractivity contribution is 0.457. The van der Waals surface area contributed by atoms with E-state index in [0.717, 1.165) is 41.3 Å². The van der Waals surface area contributed by atoms with Crippen LogP contribution in [0.4, 0.5) is 5.69 Å². The van der Waals surface area contributed by atoms with Crippen LogP contribution < -0.4 is 11.1 Å². The fourth-order valence-electron chi connectivity index (χ4n) is 3.54. The van der Waals surface area contributed by atoms with Gasteiger partial charge in [-0.25, -0.2) is 0 Å². The minimum Gasteiger partial charge on any atom is -0.398 e. The Morgan fingerprint density at radius 1 is 1.14 bits per heavy atom. The molecule has 3 heteroatoms. The maximum atomic E-state index is 6.12. The van der Waals surface area contributed by atoms with Crippen LogP contribution in [-0.4, -0.2) is 11.5 Å². The van der Waals surface area contributed by atoms with Gasteiger partial charge in [0, 0.05) is 17.6 Å². The van der Waals surface area contributed by atoms with E-state index < -0.39 is 0 Å². The number of aromatic nitrogens is 1. The normalized spacial score (nSPS) is 19.8. The van der Waals surface area contributed by atoms with Gasteiger partial charge >= 0.3 is 0 Å². The number of nitrogens with one attached hydrogen (secondary N) is 1. The highest BCUT2D eigenvalue weighted by atomic mass is 14.9. The number of hydrogen-bond donors (Lipinski definition) is 2. The number of hydrogen-bond acceptors (Lipinski definition) is 3. The van der Waals surface area contributed by atoms with Crippen molar-refractivity contribution in [3.8, 4) is 0 Å². The third kappa shape index (κ3) is 2.30. The van der Waals surface area contributed by atoms with Crippen molar-refractivity contribution >= 4 is 16.6 Å². The number of pyridine rings is 1. The van der Waals surface area contributed by atoms with Gasteiger partial charge < -0.3 is 11.1 Å². The number of anilines is 1. The first-order chi connectivity index (χ1) is 9.84. The molecule has 0 radical (unpaired) electrons. The highest BCUT2D eigenvalue weighted by Crippen LogP contribution is 2.67. The molecule has 1 aliphatic carbocycles. The predicted octanol–water partition coefficient (Wildman–Crippen LogP) is 3.59. The first kappa shape index (κ1) is 14.3. The van der Waals surface area contributed by atoms with Crippen molar-refractivity contribution in [3.05, 3.63) is 36.0 Å². The average molecular weight is 283 g/mol. The fraction of sp³-hybridized carbons (Fsp3) is 0.500. The fourth-order valence-corrected chi connectivity index (χ4v) is 3.54. The molecule has 0 bridgehead atoms. The van der Waals surface area contributed by atoms with E-state index >= 15 is 0 Å². The van der Waals surface area contributed by atoms with Gasteiger partial charge in [0.25, 0.3) is 0 Å². The summed E-state index contributed by atoms with van der Waals surface area (Å²) in [5, 5.41) is 4.58. The Hall–Kier alpha value is -1.61. The molecule has 0 amide bonds. The van der Waals surface area contributed by atoms with Crippen molar-refractivity contribution in [1.29, 1.82) is 0 Å². The topological polar surface area (TPSA) is 50.9 Å². The Morgan fingerprint density at radius 2 is 1.81 bits per heavy atom. The van der Waals surface area contributed by atoms with Crippen LogP contribution in [0.25, 0.3) is 10.9 Å². The summed E-state index contributed by atoms with van der Waals surface area (Å²) in [5.74, 6) is 0.725. The summed E-state index contributed by atoms with van der Waals surface area (Å²) < 4.78 is 0. The van der Waals surface area contributed by atoms with Gasteiger partial charge in [0.15, 0.2) is 0 Å². The quantitative estimate of drug-likeness (QED) is 0.901. The molecule has 2 aromatic rings. The second kappa shape index (κ2) is 4.70. The maximum absolute atomic E-state index is 6.12. The van der Waals surface area contributed by atoms with E-state index in [1.54, 1.807) is 0 Å². The first-order valence-corrected chi connectivity index (χ1v) is 7.69. The van der Waals surface area contributed by atoms with Crippen LogP contribution in [-0.2, 0) is 6.54 Å². The summed E-state index contributed by atoms with van der Waals surface area (Å²) in [4.78, 5) is 4.68. The molecule has 112 valence electrons. The molecule has 0 aliphatic heterocycles. The van der Waals surface area contributed by atoms with Gasteiger partial charge in [0.1, 0.15) is 0 Å². The lowest BCUT2D eigenvalue weighted by Gasteiger charge is -2.08. The number of nitrogens with zero attached hydrogens (tertiary/aromatic N) is 1. The van der Waals surface area contributed by atoms with Crippen LogP contribution in [0.15, 0.2) is 30.3 Å². The average Bonchev–Trinajstić information content (AvgIpc) is 2.81. The molecule has 3 N–H and O–H groups in total. The molecule has 1 heterocycles. The number of benzene rings is 1. The molecular formula is C18H25N3. The summed E-state index contributed by atoms with van der Waals surface area (Å²) >= 11 is 0. The summed E-state index contributed by atoms with van der Waals surface area (Å²) in [6.45, 7) is 11.2. The Labute approximate surface area is 127 Å². The third-order valence-electron chi connectivity index (χ3n) is 5.78. The van der Waals surface area contributed by atoms with Crippen LogP contribution in [0.3, 0.4) is 0 Å². The molecule has 0 spiro atoms. The summed E-state index contributed by atoms with van der Waals surface area (Å²) in [5.41, 5.74) is 9.77. The molecule has 3 nitrogen and oxygen atoms in total. The van der Waals surface area contributed by atoms with E-state index in [9.17, 15) is 0 Å². The molecule has 1 aromatic heterocycles. The third-order valence-corrected chi connectivity index (χ3v) is 5.78. The Kier molecular flexibility index (Phi) is 3.21. The molecule has 0 atom stereocenters. The maximum Gasteiger partial charge on any atom is 0.0726 e. The lowest BCUT2D eigenvalue weighted by atomic mass is 10.0. The van der Waals surface area contributed by atoms with Gasteiger partial charge in [-0.2, -0.15) is 0 Å². The van der Waals surface area contributed by atoms with Crippen molar-refractivity contribution in [1.82, 2.24) is 10.3 Å². The van der Waals surface area contributed by atoms with E-state index in [-0.39, 0.29) is 0 Å². The smallest absolute Gasteiger partial charge is 0.0726 e. The highest BCUT2D eigenvalue weighted by Gasteiger charge is 2.63. The second-order valence-corrected chi connectivity index (χ2v) is 7.35. The van der Waals surface area contributed by atoms with Gasteiger partial charge in [0.05, 0.1) is 11.2 Å². The van der Waals surface area contributed by atoms with Gasteiger partial charge in [-0.15, -0.1) is 0 Å². The minimum atomic E-state index is 0.426. The SMILES string of the molecule is CC1(C)C(CNCc2cc(N)c3ccccc3n2)C1(C)C. The number of nitrogens with two attached hydrogens (primary N) is 1. The first-order valence-electron chi connectivity index (χ1n) is 7.69. The zero-order valence-corrected chi connectivity index (χ0v) is 13.4. The number of fused-ring (bicyclic) bond motifs is 1. The van der Waals surface area contributed by atoms with Gasteiger partial charge in [-0.3, -0.25) is 4.98 Å². The molecule has 3 rings (SSSR count). The number of nitrogen functional groups attached to an aromatic ring is 1. The largest absolute Gasteiger partial charge is 0.398 e. The summed E-state index contributed by atoms with van der Waals surface area (Å²) in [6.07, 6.45) is 0. The number of rotatable bonds is 4. The lowest BCUT2D eigenvalue weighted by Crippen LogP contribution is -2.19. The Balaban J connectivity index is 1.67. The molecule has 1 aromatic carbocycles. The van der Waals surface area contributed by atoms with Crippen LogP contribution in [0.5, 0.6) is 0 Å². The summed E-state index contributed by atoms with van der Waals surface area (Å²) in [6, 6.07) is 10.0. The molecule has 21 heavy (non-hydrogen) atoms. The van der Waals surface area contributed by atoms with Crippen LogP contribution >= 0.6 is 0 Å². The Bertz CT molecular complexity index is 659. The van der Waals surface area contributed by atoms with E-state index in [1.165, 1.54) is 0 Å². The van der Waals surface area contributed by atoms with Crippen LogP contribution in [0, 0.1) is 16.7 Å². The van der Waals surface area contributed by atoms with Crippen LogP contribution in [0.2, 0.25) is 0 Å². The zero-order valence-electron chi connectivity index (χ0n) is 13.4. The van der Waals surface area contributed by atoms with E-state index in [1.807, 2.05) is 30.3 Å². The van der Waals surface area contributed by atoms with Crippen molar-refractivity contribution in [2.24, 2.45) is 16.7 Å². The highest BCUT2D eigenvalue weighted by molar-refractivity contribution is 5.90. The molecule has 0 unspecified atom stereocenters. The van der Waals surface area contributed by atoms with E-state index in [2.05, 4.69) is 38.0 Å². The number of para-hydroxylation sites is 1.